The summed E-state index contributed by atoms with van der Waals surface area (Å²) in [5, 5.41) is 15.7. The number of benzene rings is 1. The van der Waals surface area contributed by atoms with Crippen molar-refractivity contribution in [3.63, 3.8) is 0 Å². The van der Waals surface area contributed by atoms with E-state index in [0.29, 0.717) is 24.9 Å². The molecule has 0 spiro atoms. The molecule has 0 bridgehead atoms. The summed E-state index contributed by atoms with van der Waals surface area (Å²) in [6, 6.07) is 11.4. The van der Waals surface area contributed by atoms with E-state index in [9.17, 15) is 4.79 Å². The second-order valence-electron chi connectivity index (χ2n) is 5.45. The van der Waals surface area contributed by atoms with Crippen molar-refractivity contribution in [3.8, 4) is 17.3 Å². The fraction of sp³-hybridized carbons (Fsp3) is 0.158. The van der Waals surface area contributed by atoms with E-state index in [4.69, 9.17) is 5.26 Å². The van der Waals surface area contributed by atoms with Crippen LogP contribution in [-0.4, -0.2) is 15.9 Å². The Morgan fingerprint density at radius 2 is 1.96 bits per heavy atom. The first kappa shape index (κ1) is 16.8. The zero-order valence-corrected chi connectivity index (χ0v) is 14.3. The lowest BCUT2D eigenvalue weighted by Gasteiger charge is -2.08. The molecule has 5 nitrogen and oxygen atoms in total. The zero-order chi connectivity index (χ0) is 17.5. The lowest BCUT2D eigenvalue weighted by atomic mass is 10.1. The van der Waals surface area contributed by atoms with Crippen molar-refractivity contribution in [1.82, 2.24) is 15.3 Å². The maximum atomic E-state index is 12.1. The van der Waals surface area contributed by atoms with E-state index in [0.717, 1.165) is 22.5 Å². The van der Waals surface area contributed by atoms with Crippen LogP contribution in [0, 0.1) is 11.3 Å². The van der Waals surface area contributed by atoms with Gasteiger partial charge in [0.1, 0.15) is 0 Å². The number of nitrogens with one attached hydrogen (secondary N) is 1. The van der Waals surface area contributed by atoms with E-state index in [1.807, 2.05) is 29.0 Å². The summed E-state index contributed by atoms with van der Waals surface area (Å²) >= 11 is 1.60. The van der Waals surface area contributed by atoms with Gasteiger partial charge in [-0.1, -0.05) is 12.1 Å². The van der Waals surface area contributed by atoms with Crippen molar-refractivity contribution in [2.24, 2.45) is 0 Å². The number of aromatic nitrogens is 2. The minimum absolute atomic E-state index is 0.0359. The summed E-state index contributed by atoms with van der Waals surface area (Å²) in [5.74, 6) is -0.0359. The molecule has 1 N–H and O–H groups in total. The third-order valence-electron chi connectivity index (χ3n) is 3.75. The summed E-state index contributed by atoms with van der Waals surface area (Å²) in [5.41, 5.74) is 4.23. The summed E-state index contributed by atoms with van der Waals surface area (Å²) in [6.07, 6.45) is 4.31. The van der Waals surface area contributed by atoms with Crippen molar-refractivity contribution in [2.75, 3.05) is 0 Å². The summed E-state index contributed by atoms with van der Waals surface area (Å²) < 4.78 is 0. The number of hydrogen-bond acceptors (Lipinski definition) is 5. The SMILES string of the molecule is N#Cc1ccc(CCC(=O)NCc2nccnc2-c2ccsc2)cc1. The Hall–Kier alpha value is -3.04. The number of carbonyl (C=O) groups is 1. The quantitative estimate of drug-likeness (QED) is 0.741. The average Bonchev–Trinajstić information content (AvgIpc) is 3.20. The van der Waals surface area contributed by atoms with E-state index in [1.54, 1.807) is 35.9 Å². The van der Waals surface area contributed by atoms with Gasteiger partial charge >= 0.3 is 0 Å². The van der Waals surface area contributed by atoms with E-state index >= 15 is 0 Å². The van der Waals surface area contributed by atoms with Crippen LogP contribution in [0.3, 0.4) is 0 Å². The molecule has 0 fully saturated rings. The molecule has 3 aromatic rings. The number of amides is 1. The lowest BCUT2D eigenvalue weighted by Crippen LogP contribution is -2.24. The molecule has 1 amide bonds. The largest absolute Gasteiger partial charge is 0.350 e. The van der Waals surface area contributed by atoms with Gasteiger partial charge in [0.2, 0.25) is 5.91 Å². The second-order valence-corrected chi connectivity index (χ2v) is 6.23. The van der Waals surface area contributed by atoms with Gasteiger partial charge in [0.05, 0.1) is 29.6 Å². The molecule has 0 atom stereocenters. The number of hydrogen-bond donors (Lipinski definition) is 1. The van der Waals surface area contributed by atoms with E-state index in [-0.39, 0.29) is 5.91 Å². The molecule has 2 aromatic heterocycles. The third kappa shape index (κ3) is 4.49. The second kappa shape index (κ2) is 8.18. The standard InChI is InChI=1S/C19H16N4OS/c20-11-15-3-1-14(2-4-15)5-6-18(24)23-12-17-19(22-9-8-21-17)16-7-10-25-13-16/h1-4,7-10,13H,5-6,12H2,(H,23,24). The molecule has 0 unspecified atom stereocenters. The topological polar surface area (TPSA) is 78.7 Å². The van der Waals surface area contributed by atoms with Gasteiger partial charge in [-0.15, -0.1) is 0 Å². The van der Waals surface area contributed by atoms with Gasteiger partial charge in [-0.3, -0.25) is 14.8 Å². The molecule has 2 heterocycles. The maximum absolute atomic E-state index is 12.1. The zero-order valence-electron chi connectivity index (χ0n) is 13.5. The summed E-state index contributed by atoms with van der Waals surface area (Å²) in [7, 11) is 0. The molecular weight excluding hydrogens is 332 g/mol. The highest BCUT2D eigenvalue weighted by atomic mass is 32.1. The maximum Gasteiger partial charge on any atom is 0.220 e. The fourth-order valence-corrected chi connectivity index (χ4v) is 3.05. The van der Waals surface area contributed by atoms with Gasteiger partial charge in [-0.2, -0.15) is 16.6 Å². The minimum atomic E-state index is -0.0359. The first-order valence-electron chi connectivity index (χ1n) is 7.84. The van der Waals surface area contributed by atoms with Crippen LogP contribution in [0.2, 0.25) is 0 Å². The number of nitriles is 1. The smallest absolute Gasteiger partial charge is 0.220 e. The van der Waals surface area contributed by atoms with Crippen molar-refractivity contribution < 1.29 is 4.79 Å². The lowest BCUT2D eigenvalue weighted by molar-refractivity contribution is -0.121. The van der Waals surface area contributed by atoms with Crippen LogP contribution in [-0.2, 0) is 17.8 Å². The highest BCUT2D eigenvalue weighted by molar-refractivity contribution is 7.08. The summed E-state index contributed by atoms with van der Waals surface area (Å²) in [6.45, 7) is 0.352. The van der Waals surface area contributed by atoms with Crippen LogP contribution >= 0.6 is 11.3 Å². The van der Waals surface area contributed by atoms with Gasteiger partial charge in [-0.05, 0) is 35.6 Å². The minimum Gasteiger partial charge on any atom is -0.350 e. The normalized spacial score (nSPS) is 10.2. The van der Waals surface area contributed by atoms with Crippen LogP contribution in [0.4, 0.5) is 0 Å². The van der Waals surface area contributed by atoms with Crippen molar-refractivity contribution >= 4 is 17.2 Å². The Bertz CT molecular complexity index is 883. The molecule has 0 aliphatic rings. The Kier molecular flexibility index (Phi) is 5.50. The Labute approximate surface area is 150 Å². The van der Waals surface area contributed by atoms with Gasteiger partial charge in [-0.25, -0.2) is 0 Å². The first-order chi connectivity index (χ1) is 12.3. The molecule has 6 heteroatoms. The molecule has 0 aliphatic heterocycles. The van der Waals surface area contributed by atoms with Gasteiger partial charge < -0.3 is 5.32 Å². The van der Waals surface area contributed by atoms with Crippen LogP contribution in [0.5, 0.6) is 0 Å². The van der Waals surface area contributed by atoms with Crippen LogP contribution in [0.25, 0.3) is 11.3 Å². The van der Waals surface area contributed by atoms with Crippen LogP contribution in [0.15, 0.2) is 53.5 Å². The number of aryl methyl sites for hydroxylation is 1. The van der Waals surface area contributed by atoms with Crippen molar-refractivity contribution in [3.05, 3.63) is 70.3 Å². The Morgan fingerprint density at radius 3 is 2.68 bits per heavy atom. The molecule has 0 saturated heterocycles. The van der Waals surface area contributed by atoms with Crippen LogP contribution in [0.1, 0.15) is 23.2 Å². The molecule has 3 rings (SSSR count). The first-order valence-corrected chi connectivity index (χ1v) is 8.79. The third-order valence-corrected chi connectivity index (χ3v) is 4.43. The average molecular weight is 348 g/mol. The molecular formula is C19H16N4OS. The van der Waals surface area contributed by atoms with Gasteiger partial charge in [0.25, 0.3) is 0 Å². The number of rotatable bonds is 6. The Morgan fingerprint density at radius 1 is 1.16 bits per heavy atom. The Balaban J connectivity index is 1.55. The fourth-order valence-electron chi connectivity index (χ4n) is 2.41. The summed E-state index contributed by atoms with van der Waals surface area (Å²) in [4.78, 5) is 20.8. The molecule has 124 valence electrons. The molecule has 25 heavy (non-hydrogen) atoms. The van der Waals surface area contributed by atoms with E-state index in [2.05, 4.69) is 21.4 Å². The van der Waals surface area contributed by atoms with Crippen molar-refractivity contribution in [1.29, 1.82) is 5.26 Å². The number of thiophene rings is 1. The van der Waals surface area contributed by atoms with E-state index < -0.39 is 0 Å². The molecule has 0 radical (unpaired) electrons. The van der Waals surface area contributed by atoms with Crippen molar-refractivity contribution in [2.45, 2.75) is 19.4 Å². The molecule has 0 aliphatic carbocycles. The highest BCUT2D eigenvalue weighted by Gasteiger charge is 2.10. The van der Waals surface area contributed by atoms with Crippen LogP contribution < -0.4 is 5.32 Å². The monoisotopic (exact) mass is 348 g/mol. The highest BCUT2D eigenvalue weighted by Crippen LogP contribution is 2.22. The molecule has 1 aromatic carbocycles. The number of nitrogens with zero attached hydrogens (tertiary/aromatic N) is 3. The predicted octanol–water partition coefficient (Wildman–Crippen LogP) is 3.33. The number of carbonyl (C=O) groups excluding carboxylic acids is 1. The van der Waals surface area contributed by atoms with E-state index in [1.165, 1.54) is 0 Å². The van der Waals surface area contributed by atoms with Gasteiger partial charge in [0.15, 0.2) is 0 Å². The predicted molar refractivity (Wildman–Crippen MR) is 96.7 cm³/mol. The molecule has 0 saturated carbocycles. The van der Waals surface area contributed by atoms with Gasteiger partial charge in [0, 0.05) is 29.8 Å².